The fourth-order valence-electron chi connectivity index (χ4n) is 2.54. The number of aliphatic hydroxyl groups excluding tert-OH is 1. The minimum atomic E-state index is -5.07. The molecule has 0 saturated heterocycles. The highest BCUT2D eigenvalue weighted by molar-refractivity contribution is 6.07. The van der Waals surface area contributed by atoms with E-state index in [4.69, 9.17) is 9.47 Å². The molecule has 0 spiro atoms. The normalized spacial score (nSPS) is 14.4. The molecule has 2 aromatic carbocycles. The number of aliphatic hydroxyl groups is 1. The summed E-state index contributed by atoms with van der Waals surface area (Å²) in [5, 5.41) is 11.4. The predicted molar refractivity (Wildman–Crippen MR) is 76.6 cm³/mol. The summed E-state index contributed by atoms with van der Waals surface area (Å²) in [7, 11) is 1.49. The second kappa shape index (κ2) is 5.19. The number of benzene rings is 2. The minimum absolute atomic E-state index is 0.0459. The number of hydrogen-bond donors (Lipinski definition) is 1. The number of carbonyl (C=O) groups excluding carboxylic acids is 1. The Bertz CT molecular complexity index is 837. The van der Waals surface area contributed by atoms with Gasteiger partial charge >= 0.3 is 6.18 Å². The summed E-state index contributed by atoms with van der Waals surface area (Å²) >= 11 is 0. The molecule has 1 N–H and O–H groups in total. The predicted octanol–water partition coefficient (Wildman–Crippen LogP) is 3.64. The van der Waals surface area contributed by atoms with Crippen LogP contribution in [-0.2, 0) is 4.79 Å². The molecular formula is C16H11F3O4. The maximum Gasteiger partial charge on any atom is 0.454 e. The van der Waals surface area contributed by atoms with Crippen LogP contribution in [0.4, 0.5) is 13.2 Å². The molecule has 0 aromatic heterocycles. The minimum Gasteiger partial charge on any atom is -0.507 e. The highest BCUT2D eigenvalue weighted by atomic mass is 19.4. The average Bonchev–Trinajstić information content (AvgIpc) is 2.52. The van der Waals surface area contributed by atoms with E-state index in [0.717, 1.165) is 0 Å². The van der Waals surface area contributed by atoms with Crippen LogP contribution >= 0.6 is 0 Å². The van der Waals surface area contributed by atoms with E-state index in [1.165, 1.54) is 13.2 Å². The van der Waals surface area contributed by atoms with E-state index in [-0.39, 0.29) is 11.3 Å². The largest absolute Gasteiger partial charge is 0.507 e. The lowest BCUT2D eigenvalue weighted by atomic mass is 9.97. The number of methoxy groups -OCH3 is 1. The Balaban J connectivity index is 2.20. The van der Waals surface area contributed by atoms with Gasteiger partial charge in [0.1, 0.15) is 23.9 Å². The van der Waals surface area contributed by atoms with Crippen LogP contribution in [0.25, 0.3) is 16.5 Å². The first-order valence-electron chi connectivity index (χ1n) is 6.61. The Hall–Kier alpha value is -2.70. The highest BCUT2D eigenvalue weighted by Crippen LogP contribution is 2.41. The fraction of sp³-hybridized carbons (Fsp3) is 0.188. The van der Waals surface area contributed by atoms with Gasteiger partial charge in [-0.15, -0.1) is 0 Å². The van der Waals surface area contributed by atoms with Crippen LogP contribution in [0.2, 0.25) is 0 Å². The van der Waals surface area contributed by atoms with Crippen molar-refractivity contribution in [3.8, 4) is 11.5 Å². The number of fused-ring (bicyclic) bond motifs is 3. The van der Waals surface area contributed by atoms with Gasteiger partial charge in [-0.3, -0.25) is 4.79 Å². The summed E-state index contributed by atoms with van der Waals surface area (Å²) < 4.78 is 48.3. The molecular weight excluding hydrogens is 313 g/mol. The molecule has 2 aromatic rings. The molecule has 23 heavy (non-hydrogen) atoms. The Morgan fingerprint density at radius 1 is 1.22 bits per heavy atom. The molecule has 120 valence electrons. The molecule has 0 bridgehead atoms. The second-order valence-electron chi connectivity index (χ2n) is 4.94. The zero-order valence-corrected chi connectivity index (χ0v) is 11.9. The number of rotatable bonds is 2. The second-order valence-corrected chi connectivity index (χ2v) is 4.94. The number of halogens is 3. The topological polar surface area (TPSA) is 55.8 Å². The van der Waals surface area contributed by atoms with E-state index in [1.807, 2.05) is 0 Å². The summed E-state index contributed by atoms with van der Waals surface area (Å²) in [5.74, 6) is -2.03. The van der Waals surface area contributed by atoms with Crippen LogP contribution in [0.15, 0.2) is 35.9 Å². The number of alkyl halides is 3. The first-order chi connectivity index (χ1) is 10.8. The van der Waals surface area contributed by atoms with Gasteiger partial charge in [-0.25, -0.2) is 0 Å². The molecule has 7 heteroatoms. The van der Waals surface area contributed by atoms with Gasteiger partial charge < -0.3 is 14.6 Å². The van der Waals surface area contributed by atoms with Crippen molar-refractivity contribution in [2.75, 3.05) is 13.7 Å². The Kier molecular flexibility index (Phi) is 3.43. The molecule has 0 amide bonds. The van der Waals surface area contributed by atoms with E-state index in [1.54, 1.807) is 24.3 Å². The van der Waals surface area contributed by atoms with Crippen LogP contribution in [0.1, 0.15) is 5.56 Å². The van der Waals surface area contributed by atoms with E-state index in [9.17, 15) is 23.1 Å². The lowest BCUT2D eigenvalue weighted by Gasteiger charge is -2.22. The fourth-order valence-corrected chi connectivity index (χ4v) is 2.54. The van der Waals surface area contributed by atoms with Gasteiger partial charge in [0.25, 0.3) is 5.78 Å². The van der Waals surface area contributed by atoms with Crippen molar-refractivity contribution in [3.05, 3.63) is 41.5 Å². The quantitative estimate of drug-likeness (QED) is 0.916. The van der Waals surface area contributed by atoms with E-state index >= 15 is 0 Å². The average molecular weight is 324 g/mol. The van der Waals surface area contributed by atoms with Crippen LogP contribution in [0.3, 0.4) is 0 Å². The summed E-state index contributed by atoms with van der Waals surface area (Å²) in [6, 6.07) is 8.11. The molecule has 1 heterocycles. The molecule has 0 saturated carbocycles. The van der Waals surface area contributed by atoms with Crippen molar-refractivity contribution in [3.63, 3.8) is 0 Å². The number of carbonyl (C=O) groups is 1. The van der Waals surface area contributed by atoms with Crippen molar-refractivity contribution < 1.29 is 32.5 Å². The van der Waals surface area contributed by atoms with Crippen molar-refractivity contribution in [1.29, 1.82) is 0 Å². The van der Waals surface area contributed by atoms with Gasteiger partial charge in [0, 0.05) is 10.8 Å². The summed E-state index contributed by atoms with van der Waals surface area (Å²) in [5.41, 5.74) is -0.753. The third-order valence-corrected chi connectivity index (χ3v) is 3.63. The zero-order chi connectivity index (χ0) is 16.8. The van der Waals surface area contributed by atoms with Crippen molar-refractivity contribution in [2.24, 2.45) is 0 Å². The monoisotopic (exact) mass is 324 g/mol. The van der Waals surface area contributed by atoms with Gasteiger partial charge in [-0.1, -0.05) is 12.1 Å². The van der Waals surface area contributed by atoms with Gasteiger partial charge in [0.05, 0.1) is 18.2 Å². The molecule has 0 atom stereocenters. The van der Waals surface area contributed by atoms with Gasteiger partial charge in [-0.2, -0.15) is 13.2 Å². The first kappa shape index (κ1) is 15.2. The number of hydrogen-bond acceptors (Lipinski definition) is 4. The maximum absolute atomic E-state index is 12.6. The SMILES string of the molecule is COc1cccc2c3c(ccc12)C(O)=C(C(=O)C(F)(F)F)CO3. The third-order valence-electron chi connectivity index (χ3n) is 3.63. The van der Waals surface area contributed by atoms with Crippen LogP contribution in [-0.4, -0.2) is 30.8 Å². The lowest BCUT2D eigenvalue weighted by molar-refractivity contribution is -0.167. The van der Waals surface area contributed by atoms with Crippen molar-refractivity contribution in [1.82, 2.24) is 0 Å². The van der Waals surface area contributed by atoms with E-state index in [0.29, 0.717) is 16.5 Å². The van der Waals surface area contributed by atoms with Crippen molar-refractivity contribution in [2.45, 2.75) is 6.18 Å². The highest BCUT2D eigenvalue weighted by Gasteiger charge is 2.43. The third kappa shape index (κ3) is 2.38. The van der Waals surface area contributed by atoms with E-state index < -0.39 is 29.9 Å². The summed E-state index contributed by atoms with van der Waals surface area (Å²) in [4.78, 5) is 11.4. The van der Waals surface area contributed by atoms with Crippen molar-refractivity contribution >= 4 is 22.3 Å². The Labute approximate surface area is 128 Å². The Morgan fingerprint density at radius 3 is 2.61 bits per heavy atom. The standard InChI is InChI=1S/C16H11F3O4/c1-22-12-4-2-3-9-8(12)5-6-10-13(20)11(7-23-14(9)10)15(21)16(17,18)19/h2-6,20H,7H2,1H3. The molecule has 3 rings (SSSR count). The molecule has 0 unspecified atom stereocenters. The first-order valence-corrected chi connectivity index (χ1v) is 6.61. The number of Topliss-reactive ketones (excluding diaryl/α,β-unsaturated/α-hetero) is 1. The van der Waals surface area contributed by atoms with E-state index in [2.05, 4.69) is 0 Å². The molecule has 4 nitrogen and oxygen atoms in total. The van der Waals surface area contributed by atoms with Crippen LogP contribution in [0, 0.1) is 0 Å². The summed E-state index contributed by atoms with van der Waals surface area (Å²) in [6.07, 6.45) is -5.07. The Morgan fingerprint density at radius 2 is 1.96 bits per heavy atom. The smallest absolute Gasteiger partial charge is 0.454 e. The molecule has 0 fully saturated rings. The molecule has 0 radical (unpaired) electrons. The molecule has 1 aliphatic heterocycles. The number of ether oxygens (including phenoxy) is 2. The molecule has 0 aliphatic carbocycles. The maximum atomic E-state index is 12.6. The van der Waals surface area contributed by atoms with Gasteiger partial charge in [0.2, 0.25) is 0 Å². The molecule has 1 aliphatic rings. The van der Waals surface area contributed by atoms with Crippen LogP contribution in [0.5, 0.6) is 11.5 Å². The number of ketones is 1. The van der Waals surface area contributed by atoms with Crippen LogP contribution < -0.4 is 9.47 Å². The summed E-state index contributed by atoms with van der Waals surface area (Å²) in [6.45, 7) is -0.645. The lowest BCUT2D eigenvalue weighted by Crippen LogP contribution is -2.29. The zero-order valence-electron chi connectivity index (χ0n) is 11.9. The van der Waals surface area contributed by atoms with Gasteiger partial charge in [0.15, 0.2) is 0 Å². The van der Waals surface area contributed by atoms with Gasteiger partial charge in [-0.05, 0) is 18.2 Å².